The summed E-state index contributed by atoms with van der Waals surface area (Å²) >= 11 is 0. The Morgan fingerprint density at radius 2 is 1.75 bits per heavy atom. The van der Waals surface area contributed by atoms with Gasteiger partial charge >= 0.3 is 17.9 Å². The second-order valence-electron chi connectivity index (χ2n) is 13.7. The number of aliphatic hydroxyl groups is 2. The van der Waals surface area contributed by atoms with E-state index in [0.29, 0.717) is 11.4 Å². The molecule has 1 fully saturated rings. The lowest BCUT2D eigenvalue weighted by Gasteiger charge is -2.38. The first-order valence-corrected chi connectivity index (χ1v) is 20.1. The molecule has 13 N–H and O–H groups in total. The van der Waals surface area contributed by atoms with E-state index in [4.69, 9.17) is 26.1 Å². The number of hydrogen-bond acceptors (Lipinski definition) is 19. The predicted octanol–water partition coefficient (Wildman–Crippen LogP) is -1.39. The lowest BCUT2D eigenvalue weighted by Crippen LogP contribution is -2.41. The van der Waals surface area contributed by atoms with E-state index in [1.54, 1.807) is 18.4 Å². The van der Waals surface area contributed by atoms with E-state index < -0.39 is 82.7 Å². The fourth-order valence-electron chi connectivity index (χ4n) is 6.17. The van der Waals surface area contributed by atoms with Crippen molar-refractivity contribution >= 4 is 73.9 Å². The monoisotopic (exact) mass is 839 g/mol. The molecule has 7 atom stereocenters. The number of rotatable bonds is 17. The Balaban J connectivity index is 1.06. The lowest BCUT2D eigenvalue weighted by atomic mass is 10.1. The molecule has 5 heterocycles. The van der Waals surface area contributed by atoms with Crippen molar-refractivity contribution in [1.29, 1.82) is 0 Å². The van der Waals surface area contributed by atoms with Gasteiger partial charge in [-0.2, -0.15) is 4.98 Å². The summed E-state index contributed by atoms with van der Waals surface area (Å²) in [5.41, 5.74) is 18.3. The third-order valence-electron chi connectivity index (χ3n) is 9.33. The molecular formula is C34H41N13O11S. The summed E-state index contributed by atoms with van der Waals surface area (Å²) in [6.07, 6.45) is -0.760. The van der Waals surface area contributed by atoms with E-state index in [1.165, 1.54) is 35.6 Å². The van der Waals surface area contributed by atoms with Crippen molar-refractivity contribution in [3.8, 4) is 0 Å². The van der Waals surface area contributed by atoms with Crippen molar-refractivity contribution in [2.45, 2.75) is 62.4 Å². The number of carboxylic acid groups (broad SMARTS) is 2. The number of aromatic nitrogens is 8. The number of carbonyl (C=O) groups is 4. The van der Waals surface area contributed by atoms with E-state index in [9.17, 15) is 44.4 Å². The van der Waals surface area contributed by atoms with Gasteiger partial charge in [0.1, 0.15) is 36.1 Å². The number of aliphatic hydroxyl groups excluding tert-OH is 2. The van der Waals surface area contributed by atoms with Crippen LogP contribution < -0.4 is 33.4 Å². The highest BCUT2D eigenvalue weighted by molar-refractivity contribution is 8.29. The lowest BCUT2D eigenvalue weighted by molar-refractivity contribution is -0.140. The van der Waals surface area contributed by atoms with Crippen LogP contribution in [0.5, 0.6) is 0 Å². The van der Waals surface area contributed by atoms with Crippen LogP contribution in [-0.2, 0) is 29.8 Å². The number of nitrogens with two attached hydrogens (primary N) is 3. The number of nitrogen functional groups attached to an aromatic ring is 2. The normalized spacial score (nSPS) is 20.3. The van der Waals surface area contributed by atoms with Crippen LogP contribution in [0.4, 0.5) is 17.5 Å². The standard InChI is InChI=1S/C34H41N13O11S/c1-59(9-8-18(35)32(53)54,12-20-24(49)25(50)31(57-20)47-14-42-22-26(36)40-13-41-28(22)47)58-21(48)7-6-19(33(55)56)44-29(51)15-2-4-16(5-3-15)38-10-17-11-39-27-23(43-17)30(52)46-34(37)45-27/h2-5,11,13-14,18-20,24-25,31,38,49-50H,6-10,12,35H2,1H3,(H,44,51)(H,53,54)(H,55,56)(H2,36,40,41)(H3,37,39,45,46,52)/t18-,19+,20-,24-,25-,31-/m1/s1. The van der Waals surface area contributed by atoms with Gasteiger partial charge in [-0.15, -0.1) is 0 Å². The second kappa shape index (κ2) is 17.5. The average Bonchev–Trinajstić information content (AvgIpc) is 3.74. The van der Waals surface area contributed by atoms with Crippen LogP contribution in [0.15, 0.2) is 47.9 Å². The molecule has 1 saturated heterocycles. The minimum Gasteiger partial charge on any atom is -0.480 e. The van der Waals surface area contributed by atoms with Crippen LogP contribution in [0.2, 0.25) is 0 Å². The van der Waals surface area contributed by atoms with E-state index in [2.05, 4.69) is 45.5 Å². The minimum atomic E-state index is -2.65. The molecule has 4 aromatic heterocycles. The fraction of sp³-hybridized carbons (Fsp3) is 0.382. The summed E-state index contributed by atoms with van der Waals surface area (Å²) in [6.45, 7) is 0.161. The van der Waals surface area contributed by atoms with Crippen molar-refractivity contribution in [3.05, 3.63) is 64.7 Å². The molecular weight excluding hydrogens is 799 g/mol. The number of fused-ring (bicyclic) bond motifs is 2. The molecule has 25 heteroatoms. The third kappa shape index (κ3) is 9.78. The van der Waals surface area contributed by atoms with Gasteiger partial charge in [-0.05, 0) is 43.4 Å². The largest absolute Gasteiger partial charge is 0.480 e. The number of aliphatic carboxylic acids is 2. The van der Waals surface area contributed by atoms with Crippen molar-refractivity contribution in [3.63, 3.8) is 0 Å². The number of nitrogens with zero attached hydrogens (tertiary/aromatic N) is 7. The quantitative estimate of drug-likeness (QED) is 0.0515. The summed E-state index contributed by atoms with van der Waals surface area (Å²) in [5.74, 6) is -4.49. The van der Waals surface area contributed by atoms with Gasteiger partial charge in [0.25, 0.3) is 11.5 Å². The van der Waals surface area contributed by atoms with Gasteiger partial charge in [-0.3, -0.25) is 28.7 Å². The number of amides is 1. The summed E-state index contributed by atoms with van der Waals surface area (Å²) in [5, 5.41) is 46.7. The van der Waals surface area contributed by atoms with Crippen molar-refractivity contribution in [2.24, 2.45) is 5.73 Å². The average molecular weight is 840 g/mol. The van der Waals surface area contributed by atoms with Crippen molar-refractivity contribution < 1.29 is 48.5 Å². The maximum absolute atomic E-state index is 13.3. The van der Waals surface area contributed by atoms with Gasteiger partial charge < -0.3 is 57.2 Å². The SMILES string of the molecule is CS(CC[C@@H](N)C(=O)O)(C[C@H]1O[C@@H](n2cnc3c(N)ncnc32)[C@H](O)[C@@H]1O)OC(=O)CC[C@H](NC(=O)c1ccc(NCc2cnc3nc(N)[nH]c(=O)c3n2)cc1)C(=O)O. The first kappa shape index (κ1) is 42.1. The summed E-state index contributed by atoms with van der Waals surface area (Å²) in [4.78, 5) is 89.0. The number of benzene rings is 1. The van der Waals surface area contributed by atoms with Crippen LogP contribution in [0.1, 0.15) is 41.5 Å². The van der Waals surface area contributed by atoms with E-state index in [0.717, 1.165) is 0 Å². The minimum absolute atomic E-state index is 0.0132. The molecule has 1 aromatic carbocycles. The van der Waals surface area contributed by atoms with Crippen molar-refractivity contribution in [1.82, 2.24) is 44.8 Å². The molecule has 314 valence electrons. The molecule has 0 saturated carbocycles. The Hall–Kier alpha value is -6.54. The maximum Gasteiger partial charge on any atom is 0.326 e. The van der Waals surface area contributed by atoms with Crippen LogP contribution >= 0.6 is 10.3 Å². The first-order valence-electron chi connectivity index (χ1n) is 17.8. The number of nitrogens with one attached hydrogen (secondary N) is 3. The van der Waals surface area contributed by atoms with E-state index >= 15 is 0 Å². The number of H-pyrrole nitrogens is 1. The highest BCUT2D eigenvalue weighted by Crippen LogP contribution is 2.50. The van der Waals surface area contributed by atoms with E-state index in [1.807, 2.05) is 0 Å². The second-order valence-corrected chi connectivity index (χ2v) is 17.0. The zero-order valence-electron chi connectivity index (χ0n) is 31.2. The third-order valence-corrected chi connectivity index (χ3v) is 12.1. The number of carboxylic acids is 2. The molecule has 1 aliphatic heterocycles. The van der Waals surface area contributed by atoms with Crippen LogP contribution in [-0.4, -0.2) is 132 Å². The van der Waals surface area contributed by atoms with E-state index in [-0.39, 0.29) is 70.5 Å². The van der Waals surface area contributed by atoms with Crippen LogP contribution in [0, 0.1) is 0 Å². The molecule has 0 radical (unpaired) electrons. The highest BCUT2D eigenvalue weighted by atomic mass is 32.3. The molecule has 1 amide bonds. The molecule has 0 bridgehead atoms. The summed E-state index contributed by atoms with van der Waals surface area (Å²) in [6, 6.07) is 3.22. The Labute approximate surface area is 334 Å². The Morgan fingerprint density at radius 1 is 1.00 bits per heavy atom. The number of anilines is 3. The number of ether oxygens (including phenoxy) is 1. The predicted molar refractivity (Wildman–Crippen MR) is 209 cm³/mol. The fourth-order valence-corrected chi connectivity index (χ4v) is 8.75. The number of hydrogen-bond donors (Lipinski definition) is 10. The van der Waals surface area contributed by atoms with Gasteiger partial charge in [0.15, 0.2) is 28.9 Å². The number of aromatic amines is 1. The van der Waals surface area contributed by atoms with Gasteiger partial charge in [-0.1, -0.05) is 10.3 Å². The Bertz CT molecular complexity index is 2430. The molecule has 0 aliphatic carbocycles. The topological polar surface area (TPSA) is 385 Å². The van der Waals surface area contributed by atoms with Gasteiger partial charge in [0.05, 0.1) is 30.9 Å². The maximum atomic E-state index is 13.3. The molecule has 1 unspecified atom stereocenters. The zero-order valence-corrected chi connectivity index (χ0v) is 32.0. The first-order chi connectivity index (χ1) is 28.0. The van der Waals surface area contributed by atoms with Gasteiger partial charge in [-0.25, -0.2) is 29.7 Å². The smallest absolute Gasteiger partial charge is 0.326 e. The molecule has 5 aromatic rings. The van der Waals surface area contributed by atoms with Crippen LogP contribution in [0.3, 0.4) is 0 Å². The molecule has 59 heavy (non-hydrogen) atoms. The van der Waals surface area contributed by atoms with Crippen molar-refractivity contribution in [2.75, 3.05) is 34.5 Å². The molecule has 6 rings (SSSR count). The number of imidazole rings is 1. The van der Waals surface area contributed by atoms with Gasteiger partial charge in [0, 0.05) is 29.2 Å². The number of carbonyl (C=O) groups excluding carboxylic acids is 2. The molecule has 24 nitrogen and oxygen atoms in total. The summed E-state index contributed by atoms with van der Waals surface area (Å²) < 4.78 is 13.3. The molecule has 1 aliphatic rings. The van der Waals surface area contributed by atoms with Crippen LogP contribution in [0.25, 0.3) is 22.3 Å². The Kier molecular flexibility index (Phi) is 12.5. The zero-order chi connectivity index (χ0) is 42.6. The van der Waals surface area contributed by atoms with Gasteiger partial charge in [0.2, 0.25) is 5.95 Å². The highest BCUT2D eigenvalue weighted by Gasteiger charge is 2.47. The molecule has 0 spiro atoms. The summed E-state index contributed by atoms with van der Waals surface area (Å²) in [7, 11) is -2.65. The Morgan fingerprint density at radius 3 is 2.46 bits per heavy atom.